The Labute approximate surface area is 181 Å². The van der Waals surface area contributed by atoms with Crippen LogP contribution in [0.5, 0.6) is 0 Å². The van der Waals surface area contributed by atoms with Crippen LogP contribution in [0.25, 0.3) is 0 Å². The summed E-state index contributed by atoms with van der Waals surface area (Å²) in [7, 11) is 0. The maximum absolute atomic E-state index is 12.4. The third kappa shape index (κ3) is 5.48. The minimum Gasteiger partial charge on any atom is -0.444 e. The van der Waals surface area contributed by atoms with Crippen LogP contribution in [0.15, 0.2) is 27.3 Å². The highest BCUT2D eigenvalue weighted by molar-refractivity contribution is 9.10. The number of aryl methyl sites for hydroxylation is 1. The Morgan fingerprint density at radius 1 is 1.21 bits per heavy atom. The lowest BCUT2D eigenvalue weighted by molar-refractivity contribution is -0.120. The van der Waals surface area contributed by atoms with Gasteiger partial charge in [-0.05, 0) is 70.3 Å². The second-order valence-electron chi connectivity index (χ2n) is 8.15. The Kier molecular flexibility index (Phi) is 6.48. The molecule has 0 fully saturated rings. The summed E-state index contributed by atoms with van der Waals surface area (Å²) in [6.07, 6.45) is 3.08. The van der Waals surface area contributed by atoms with E-state index in [1.807, 2.05) is 6.07 Å². The van der Waals surface area contributed by atoms with Gasteiger partial charge in [0.15, 0.2) is 10.4 Å². The molecule has 7 nitrogen and oxygen atoms in total. The Morgan fingerprint density at radius 3 is 2.62 bits per heavy atom. The molecule has 3 N–H and O–H groups in total. The van der Waals surface area contributed by atoms with Gasteiger partial charge < -0.3 is 9.73 Å². The van der Waals surface area contributed by atoms with Gasteiger partial charge in [-0.15, -0.1) is 11.3 Å². The number of nitrogens with one attached hydrogen (secondary N) is 3. The molecule has 9 heteroatoms. The van der Waals surface area contributed by atoms with Gasteiger partial charge in [-0.25, -0.2) is 0 Å². The molecule has 0 spiro atoms. The second kappa shape index (κ2) is 8.71. The van der Waals surface area contributed by atoms with Crippen molar-refractivity contribution in [3.05, 3.63) is 43.9 Å². The molecule has 2 aromatic heterocycles. The Balaban J connectivity index is 1.48. The van der Waals surface area contributed by atoms with Gasteiger partial charge >= 0.3 is 0 Å². The summed E-state index contributed by atoms with van der Waals surface area (Å²) in [6.45, 7) is 6.47. The van der Waals surface area contributed by atoms with Crippen molar-refractivity contribution in [1.29, 1.82) is 0 Å². The van der Waals surface area contributed by atoms with Crippen LogP contribution in [0.4, 0.5) is 0 Å². The van der Waals surface area contributed by atoms with Gasteiger partial charge in [0.25, 0.3) is 17.7 Å². The zero-order valence-corrected chi connectivity index (χ0v) is 19.0. The van der Waals surface area contributed by atoms with Crippen molar-refractivity contribution < 1.29 is 18.8 Å². The highest BCUT2D eigenvalue weighted by Gasteiger charge is 2.30. The van der Waals surface area contributed by atoms with Gasteiger partial charge in [0, 0.05) is 4.88 Å². The fraction of sp³-hybridized carbons (Fsp3) is 0.450. The first kappa shape index (κ1) is 21.6. The first-order valence-electron chi connectivity index (χ1n) is 9.38. The normalized spacial score (nSPS) is 16.1. The summed E-state index contributed by atoms with van der Waals surface area (Å²) in [5, 5.41) is 2.42. The number of rotatable bonds is 4. The van der Waals surface area contributed by atoms with Crippen LogP contribution in [-0.4, -0.2) is 24.3 Å². The van der Waals surface area contributed by atoms with Crippen molar-refractivity contribution in [2.75, 3.05) is 6.54 Å². The van der Waals surface area contributed by atoms with Crippen molar-refractivity contribution in [2.24, 2.45) is 11.3 Å². The standard InChI is InChI=1S/C20H24BrN3O4S/c1-20(2,3)12-4-6-14-11(8-12)9-15(29-14)19(27)24-23-17(25)10-22-18(26)13-5-7-16(21)28-13/h5,7,9,12H,4,6,8,10H2,1-3H3,(H,22,26)(H,23,25)(H,24,27). The minimum atomic E-state index is -0.536. The van der Waals surface area contributed by atoms with E-state index in [2.05, 4.69) is 52.9 Å². The van der Waals surface area contributed by atoms with Crippen molar-refractivity contribution in [3.63, 3.8) is 0 Å². The van der Waals surface area contributed by atoms with Crippen LogP contribution in [0.2, 0.25) is 0 Å². The molecule has 1 aliphatic carbocycles. The van der Waals surface area contributed by atoms with E-state index in [0.717, 1.165) is 19.3 Å². The molecule has 0 saturated carbocycles. The van der Waals surface area contributed by atoms with Gasteiger partial charge in [0.05, 0.1) is 11.4 Å². The number of hydrogen-bond acceptors (Lipinski definition) is 5. The van der Waals surface area contributed by atoms with Crippen LogP contribution >= 0.6 is 27.3 Å². The van der Waals surface area contributed by atoms with Gasteiger partial charge in [-0.1, -0.05) is 20.8 Å². The van der Waals surface area contributed by atoms with Gasteiger partial charge in [0.2, 0.25) is 0 Å². The van der Waals surface area contributed by atoms with E-state index in [4.69, 9.17) is 4.42 Å². The van der Waals surface area contributed by atoms with Gasteiger partial charge in [-0.2, -0.15) is 0 Å². The maximum Gasteiger partial charge on any atom is 0.287 e. The predicted molar refractivity (Wildman–Crippen MR) is 114 cm³/mol. The minimum absolute atomic E-state index is 0.0893. The Hall–Kier alpha value is -2.13. The first-order chi connectivity index (χ1) is 13.6. The molecule has 2 aromatic rings. The lowest BCUT2D eigenvalue weighted by Crippen LogP contribution is -2.46. The van der Waals surface area contributed by atoms with E-state index in [0.29, 0.717) is 15.5 Å². The van der Waals surface area contributed by atoms with Crippen LogP contribution in [0, 0.1) is 11.3 Å². The molecular weight excluding hydrogens is 458 g/mol. The van der Waals surface area contributed by atoms with Gasteiger partial charge in [0.1, 0.15) is 0 Å². The van der Waals surface area contributed by atoms with Crippen LogP contribution < -0.4 is 16.2 Å². The topological polar surface area (TPSA) is 100 Å². The Morgan fingerprint density at radius 2 is 1.97 bits per heavy atom. The average molecular weight is 482 g/mol. The number of thiophene rings is 1. The van der Waals surface area contributed by atoms with E-state index in [9.17, 15) is 14.4 Å². The smallest absolute Gasteiger partial charge is 0.287 e. The summed E-state index contributed by atoms with van der Waals surface area (Å²) < 4.78 is 5.53. The van der Waals surface area contributed by atoms with E-state index in [1.54, 1.807) is 6.07 Å². The van der Waals surface area contributed by atoms with Crippen molar-refractivity contribution in [2.45, 2.75) is 40.0 Å². The molecule has 0 aliphatic heterocycles. The number of carbonyl (C=O) groups is 3. The molecule has 0 saturated heterocycles. The summed E-state index contributed by atoms with van der Waals surface area (Å²) in [5.74, 6) is -0.723. The van der Waals surface area contributed by atoms with E-state index in [1.165, 1.54) is 27.8 Å². The number of halogens is 1. The van der Waals surface area contributed by atoms with Crippen molar-refractivity contribution in [3.8, 4) is 0 Å². The molecule has 29 heavy (non-hydrogen) atoms. The van der Waals surface area contributed by atoms with E-state index < -0.39 is 11.8 Å². The van der Waals surface area contributed by atoms with Crippen LogP contribution in [-0.2, 0) is 17.6 Å². The lowest BCUT2D eigenvalue weighted by Gasteiger charge is -2.33. The zero-order chi connectivity index (χ0) is 21.2. The monoisotopic (exact) mass is 481 g/mol. The zero-order valence-electron chi connectivity index (χ0n) is 16.6. The maximum atomic E-state index is 12.4. The Bertz CT molecular complexity index is 929. The fourth-order valence-corrected chi connectivity index (χ4v) is 4.70. The van der Waals surface area contributed by atoms with Crippen molar-refractivity contribution >= 4 is 45.0 Å². The molecule has 3 rings (SSSR count). The largest absolute Gasteiger partial charge is 0.444 e. The van der Waals surface area contributed by atoms with E-state index >= 15 is 0 Å². The molecule has 0 radical (unpaired) electrons. The number of furan rings is 1. The second-order valence-corrected chi connectivity index (χ2v) is 10.1. The first-order valence-corrected chi connectivity index (χ1v) is 11.0. The van der Waals surface area contributed by atoms with Crippen LogP contribution in [0.3, 0.4) is 0 Å². The van der Waals surface area contributed by atoms with Crippen molar-refractivity contribution in [1.82, 2.24) is 16.2 Å². The predicted octanol–water partition coefficient (Wildman–Crippen LogP) is 3.45. The molecule has 1 aliphatic rings. The lowest BCUT2D eigenvalue weighted by atomic mass is 9.72. The molecular formula is C20H24BrN3O4S. The highest BCUT2D eigenvalue weighted by atomic mass is 79.9. The van der Waals surface area contributed by atoms with Gasteiger partial charge in [-0.3, -0.25) is 25.2 Å². The van der Waals surface area contributed by atoms with Crippen LogP contribution in [0.1, 0.15) is 57.9 Å². The third-order valence-corrected chi connectivity index (χ3v) is 6.72. The molecule has 1 atom stereocenters. The summed E-state index contributed by atoms with van der Waals surface area (Å²) in [5.41, 5.74) is 6.20. The average Bonchev–Trinajstić information content (AvgIpc) is 3.28. The third-order valence-electron chi connectivity index (χ3n) is 5.05. The molecule has 2 heterocycles. The molecule has 156 valence electrons. The SMILES string of the molecule is CC(C)(C)C1CCc2sc(C(=O)NNC(=O)CNC(=O)c3ccc(Br)o3)cc2C1. The number of hydrazine groups is 1. The summed E-state index contributed by atoms with van der Waals surface area (Å²) >= 11 is 4.58. The number of carbonyl (C=O) groups excluding carboxylic acids is 3. The highest BCUT2D eigenvalue weighted by Crippen LogP contribution is 2.40. The molecule has 0 aromatic carbocycles. The number of amides is 3. The number of fused-ring (bicyclic) bond motifs is 1. The summed E-state index contributed by atoms with van der Waals surface area (Å²) in [6, 6.07) is 5.00. The molecule has 0 bridgehead atoms. The molecule has 3 amide bonds. The molecule has 1 unspecified atom stereocenters. The quantitative estimate of drug-likeness (QED) is 0.582. The fourth-order valence-electron chi connectivity index (χ4n) is 3.29. The number of hydrogen-bond donors (Lipinski definition) is 3. The van der Waals surface area contributed by atoms with E-state index in [-0.39, 0.29) is 23.6 Å². The summed E-state index contributed by atoms with van der Waals surface area (Å²) in [4.78, 5) is 37.9.